The van der Waals surface area contributed by atoms with Crippen molar-refractivity contribution in [2.75, 3.05) is 19.6 Å². The van der Waals surface area contributed by atoms with Crippen molar-refractivity contribution in [1.82, 2.24) is 5.32 Å². The summed E-state index contributed by atoms with van der Waals surface area (Å²) < 4.78 is 0. The van der Waals surface area contributed by atoms with Crippen LogP contribution in [0.5, 0.6) is 0 Å². The summed E-state index contributed by atoms with van der Waals surface area (Å²) in [5, 5.41) is 14.8. The molecule has 3 heteroatoms. The fourth-order valence-corrected chi connectivity index (χ4v) is 4.24. The predicted molar refractivity (Wildman–Crippen MR) is 75.3 cm³/mol. The van der Waals surface area contributed by atoms with Crippen LogP contribution in [0.1, 0.15) is 52.4 Å². The largest absolute Gasteiger partial charge is 0.389 e. The predicted octanol–water partition coefficient (Wildman–Crippen LogP) is 1.89. The first-order valence-corrected chi connectivity index (χ1v) is 7.71. The summed E-state index contributed by atoms with van der Waals surface area (Å²) in [6, 6.07) is 0. The molecule has 2 fully saturated rings. The smallest absolute Gasteiger partial charge is 0.0767 e. The third-order valence-electron chi connectivity index (χ3n) is 5.78. The van der Waals surface area contributed by atoms with Gasteiger partial charge in [0, 0.05) is 24.4 Å². The zero-order valence-corrected chi connectivity index (χ0v) is 12.0. The monoisotopic (exact) mass is 254 g/mol. The highest BCUT2D eigenvalue weighted by atomic mass is 16.3. The van der Waals surface area contributed by atoms with Gasteiger partial charge in [-0.25, -0.2) is 0 Å². The molecule has 0 aromatic carbocycles. The Kier molecular flexibility index (Phi) is 4.35. The maximum Gasteiger partial charge on any atom is 0.0767 e. The molecule has 0 amide bonds. The second-order valence-electron chi connectivity index (χ2n) is 6.65. The van der Waals surface area contributed by atoms with Gasteiger partial charge < -0.3 is 16.2 Å². The highest BCUT2D eigenvalue weighted by Gasteiger charge is 2.54. The third-order valence-corrected chi connectivity index (χ3v) is 5.78. The number of rotatable bonds is 3. The fourth-order valence-electron chi connectivity index (χ4n) is 4.24. The molecule has 0 spiro atoms. The summed E-state index contributed by atoms with van der Waals surface area (Å²) in [6.07, 6.45) is 6.58. The highest BCUT2D eigenvalue weighted by Crippen LogP contribution is 2.51. The molecule has 2 unspecified atom stereocenters. The number of piperidine rings is 1. The minimum atomic E-state index is -0.540. The molecule has 2 aliphatic rings. The molecule has 1 saturated heterocycles. The molecule has 0 bridgehead atoms. The van der Waals surface area contributed by atoms with E-state index in [4.69, 9.17) is 5.73 Å². The van der Waals surface area contributed by atoms with Gasteiger partial charge >= 0.3 is 0 Å². The van der Waals surface area contributed by atoms with E-state index in [-0.39, 0.29) is 5.41 Å². The molecule has 2 atom stereocenters. The minimum Gasteiger partial charge on any atom is -0.389 e. The van der Waals surface area contributed by atoms with E-state index in [9.17, 15) is 5.11 Å². The Morgan fingerprint density at radius 3 is 2.50 bits per heavy atom. The first-order valence-electron chi connectivity index (χ1n) is 7.71. The molecule has 1 saturated carbocycles. The van der Waals surface area contributed by atoms with Crippen LogP contribution in [0.15, 0.2) is 0 Å². The Balaban J connectivity index is 2.23. The van der Waals surface area contributed by atoms with Gasteiger partial charge in [0.25, 0.3) is 0 Å². The molecule has 3 nitrogen and oxygen atoms in total. The normalized spacial score (nSPS) is 46.0. The zero-order valence-electron chi connectivity index (χ0n) is 12.0. The maximum absolute atomic E-state index is 11.4. The van der Waals surface area contributed by atoms with Crippen molar-refractivity contribution >= 4 is 0 Å². The summed E-state index contributed by atoms with van der Waals surface area (Å²) in [5.41, 5.74) is 5.57. The molecule has 0 aromatic heterocycles. The van der Waals surface area contributed by atoms with Gasteiger partial charge in [-0.1, -0.05) is 26.7 Å². The van der Waals surface area contributed by atoms with Crippen molar-refractivity contribution in [2.45, 2.75) is 58.0 Å². The molecule has 2 rings (SSSR count). The molecule has 0 aromatic rings. The first-order chi connectivity index (χ1) is 8.58. The average Bonchev–Trinajstić information content (AvgIpc) is 2.40. The molecule has 1 aliphatic carbocycles. The van der Waals surface area contributed by atoms with Gasteiger partial charge in [-0.15, -0.1) is 0 Å². The van der Waals surface area contributed by atoms with Gasteiger partial charge in [-0.3, -0.25) is 0 Å². The molecular weight excluding hydrogens is 224 g/mol. The standard InChI is InChI=1S/C15H30N2O/c1-3-13-10-17-9-8-15(13,18)14(11-16)6-4-12(2)5-7-14/h12-13,17-18H,3-11,16H2,1-2H3. The van der Waals surface area contributed by atoms with Crippen LogP contribution in [0.2, 0.25) is 0 Å². The van der Waals surface area contributed by atoms with Crippen molar-refractivity contribution in [3.8, 4) is 0 Å². The van der Waals surface area contributed by atoms with Gasteiger partial charge in [0.1, 0.15) is 0 Å². The van der Waals surface area contributed by atoms with Crippen LogP contribution in [-0.4, -0.2) is 30.3 Å². The number of aliphatic hydroxyl groups is 1. The molecule has 1 heterocycles. The molecule has 4 N–H and O–H groups in total. The Labute approximate surface area is 112 Å². The van der Waals surface area contributed by atoms with Gasteiger partial charge in [0.15, 0.2) is 0 Å². The fraction of sp³-hybridized carbons (Fsp3) is 1.00. The summed E-state index contributed by atoms with van der Waals surface area (Å²) >= 11 is 0. The van der Waals surface area contributed by atoms with E-state index >= 15 is 0 Å². The quantitative estimate of drug-likeness (QED) is 0.721. The SMILES string of the molecule is CCC1CNCCC1(O)C1(CN)CCC(C)CC1. The minimum absolute atomic E-state index is 0.0255. The van der Waals surface area contributed by atoms with Gasteiger partial charge in [0.05, 0.1) is 5.60 Å². The van der Waals surface area contributed by atoms with Crippen LogP contribution in [0.4, 0.5) is 0 Å². The number of nitrogens with two attached hydrogens (primary N) is 1. The lowest BCUT2D eigenvalue weighted by molar-refractivity contribution is -0.156. The van der Waals surface area contributed by atoms with Crippen LogP contribution in [0, 0.1) is 17.3 Å². The van der Waals surface area contributed by atoms with Gasteiger partial charge in [-0.2, -0.15) is 0 Å². The van der Waals surface area contributed by atoms with Crippen LogP contribution in [0.25, 0.3) is 0 Å². The van der Waals surface area contributed by atoms with Crippen molar-refractivity contribution in [3.05, 3.63) is 0 Å². The summed E-state index contributed by atoms with van der Waals surface area (Å²) in [4.78, 5) is 0. The maximum atomic E-state index is 11.4. The van der Waals surface area contributed by atoms with Crippen LogP contribution < -0.4 is 11.1 Å². The second-order valence-corrected chi connectivity index (χ2v) is 6.65. The van der Waals surface area contributed by atoms with E-state index in [0.717, 1.165) is 44.7 Å². The molecule has 106 valence electrons. The lowest BCUT2D eigenvalue weighted by atomic mass is 9.55. The topological polar surface area (TPSA) is 58.3 Å². The van der Waals surface area contributed by atoms with Gasteiger partial charge in [0.2, 0.25) is 0 Å². The summed E-state index contributed by atoms with van der Waals surface area (Å²) in [6.45, 7) is 7.05. The summed E-state index contributed by atoms with van der Waals surface area (Å²) in [5.74, 6) is 1.17. The number of hydrogen-bond donors (Lipinski definition) is 3. The Morgan fingerprint density at radius 1 is 1.28 bits per heavy atom. The molecule has 18 heavy (non-hydrogen) atoms. The molecule has 1 aliphatic heterocycles. The highest BCUT2D eigenvalue weighted by molar-refractivity contribution is 5.07. The zero-order chi connectivity index (χ0) is 13.2. The lowest BCUT2D eigenvalue weighted by Crippen LogP contribution is -2.63. The lowest BCUT2D eigenvalue weighted by Gasteiger charge is -2.55. The van der Waals surface area contributed by atoms with E-state index in [1.54, 1.807) is 0 Å². The molecular formula is C15H30N2O. The van der Waals surface area contributed by atoms with Crippen LogP contribution in [0.3, 0.4) is 0 Å². The Bertz CT molecular complexity index is 274. The van der Waals surface area contributed by atoms with Crippen molar-refractivity contribution in [2.24, 2.45) is 23.0 Å². The van der Waals surface area contributed by atoms with Crippen molar-refractivity contribution in [3.63, 3.8) is 0 Å². The van der Waals surface area contributed by atoms with E-state index in [0.29, 0.717) is 12.5 Å². The number of nitrogens with one attached hydrogen (secondary N) is 1. The number of hydrogen-bond acceptors (Lipinski definition) is 3. The van der Waals surface area contributed by atoms with Crippen molar-refractivity contribution < 1.29 is 5.11 Å². The van der Waals surface area contributed by atoms with Crippen LogP contribution >= 0.6 is 0 Å². The van der Waals surface area contributed by atoms with Crippen LogP contribution in [-0.2, 0) is 0 Å². The first kappa shape index (κ1) is 14.3. The second kappa shape index (κ2) is 5.48. The Morgan fingerprint density at radius 2 is 1.94 bits per heavy atom. The third kappa shape index (κ3) is 2.21. The average molecular weight is 254 g/mol. The van der Waals surface area contributed by atoms with E-state index in [2.05, 4.69) is 19.2 Å². The van der Waals surface area contributed by atoms with E-state index < -0.39 is 5.60 Å². The van der Waals surface area contributed by atoms with E-state index in [1.807, 2.05) is 0 Å². The van der Waals surface area contributed by atoms with Crippen molar-refractivity contribution in [1.29, 1.82) is 0 Å². The van der Waals surface area contributed by atoms with E-state index in [1.165, 1.54) is 12.8 Å². The molecule has 0 radical (unpaired) electrons. The van der Waals surface area contributed by atoms with Gasteiger partial charge in [-0.05, 0) is 38.1 Å². The Hall–Kier alpha value is -0.120. The summed E-state index contributed by atoms with van der Waals surface area (Å²) in [7, 11) is 0.